The van der Waals surface area contributed by atoms with Crippen LogP contribution >= 0.6 is 0 Å². The lowest BCUT2D eigenvalue weighted by Crippen LogP contribution is -2.59. The Kier molecular flexibility index (Phi) is 6.65. The normalized spacial score (nSPS) is 22.0. The molecule has 2 aromatic carbocycles. The highest BCUT2D eigenvalue weighted by Gasteiger charge is 2.65. The molecule has 2 aromatic rings. The fourth-order valence-electron chi connectivity index (χ4n) is 5.04. The number of methoxy groups -OCH3 is 1. The van der Waals surface area contributed by atoms with Crippen molar-refractivity contribution in [2.75, 3.05) is 26.9 Å². The Hall–Kier alpha value is -3.38. The molecular formula is C27H29NO5. The number of benzene rings is 2. The van der Waals surface area contributed by atoms with Crippen LogP contribution in [0.1, 0.15) is 31.4 Å². The molecule has 1 aliphatic carbocycles. The molecule has 2 atom stereocenters. The summed E-state index contributed by atoms with van der Waals surface area (Å²) < 4.78 is 16.8. The van der Waals surface area contributed by atoms with Gasteiger partial charge in [0, 0.05) is 25.6 Å². The predicted octanol–water partition coefficient (Wildman–Crippen LogP) is 4.29. The second-order valence-corrected chi connectivity index (χ2v) is 7.92. The minimum Gasteiger partial charge on any atom is -0.463 e. The Labute approximate surface area is 194 Å². The summed E-state index contributed by atoms with van der Waals surface area (Å²) in [5, 5.41) is 0. The van der Waals surface area contributed by atoms with E-state index in [4.69, 9.17) is 14.2 Å². The van der Waals surface area contributed by atoms with Gasteiger partial charge in [-0.1, -0.05) is 60.7 Å². The van der Waals surface area contributed by atoms with E-state index in [0.717, 1.165) is 23.1 Å². The number of hydrogen-bond donors (Lipinski definition) is 0. The van der Waals surface area contributed by atoms with Crippen molar-refractivity contribution in [1.82, 2.24) is 4.90 Å². The number of fused-ring (bicyclic) bond motifs is 1. The maximum absolute atomic E-state index is 13.2. The highest BCUT2D eigenvalue weighted by molar-refractivity contribution is 6.06. The number of carbonyl (C=O) groups excluding carboxylic acids is 2. The van der Waals surface area contributed by atoms with Crippen molar-refractivity contribution in [3.8, 4) is 0 Å². The summed E-state index contributed by atoms with van der Waals surface area (Å²) in [6, 6.07) is 19.5. The fourth-order valence-corrected chi connectivity index (χ4v) is 5.04. The molecule has 0 bridgehead atoms. The van der Waals surface area contributed by atoms with Gasteiger partial charge in [-0.15, -0.1) is 0 Å². The van der Waals surface area contributed by atoms with Crippen LogP contribution in [-0.4, -0.2) is 49.4 Å². The van der Waals surface area contributed by atoms with E-state index in [1.807, 2.05) is 65.6 Å². The summed E-state index contributed by atoms with van der Waals surface area (Å²) in [6.45, 7) is 4.72. The third-order valence-corrected chi connectivity index (χ3v) is 6.27. The van der Waals surface area contributed by atoms with Crippen molar-refractivity contribution >= 4 is 23.2 Å². The van der Waals surface area contributed by atoms with Crippen LogP contribution in [0.3, 0.4) is 0 Å². The van der Waals surface area contributed by atoms with E-state index in [1.165, 1.54) is 6.08 Å². The molecule has 1 fully saturated rings. The number of likely N-dealkylation sites (tertiary alicyclic amines) is 1. The van der Waals surface area contributed by atoms with Crippen molar-refractivity contribution in [1.29, 1.82) is 0 Å². The van der Waals surface area contributed by atoms with Crippen LogP contribution < -0.4 is 0 Å². The average Bonchev–Trinajstić information content (AvgIpc) is 3.13. The first kappa shape index (κ1) is 22.8. The van der Waals surface area contributed by atoms with Gasteiger partial charge in [0.05, 0.1) is 24.5 Å². The van der Waals surface area contributed by atoms with Crippen LogP contribution in [0, 0.1) is 5.92 Å². The molecule has 33 heavy (non-hydrogen) atoms. The summed E-state index contributed by atoms with van der Waals surface area (Å²) in [5.41, 5.74) is 2.90. The number of ether oxygens (including phenoxy) is 3. The molecular weight excluding hydrogens is 418 g/mol. The van der Waals surface area contributed by atoms with Crippen molar-refractivity contribution < 1.29 is 23.8 Å². The highest BCUT2D eigenvalue weighted by Crippen LogP contribution is 2.60. The summed E-state index contributed by atoms with van der Waals surface area (Å²) in [7, 11) is 1.61. The van der Waals surface area contributed by atoms with Crippen LogP contribution in [0.5, 0.6) is 0 Å². The molecule has 0 amide bonds. The Bertz CT molecular complexity index is 1080. The third kappa shape index (κ3) is 3.85. The van der Waals surface area contributed by atoms with Crippen LogP contribution in [0.4, 0.5) is 0 Å². The van der Waals surface area contributed by atoms with Gasteiger partial charge < -0.3 is 19.1 Å². The summed E-state index contributed by atoms with van der Waals surface area (Å²) in [5.74, 6) is -0.876. The molecule has 0 aromatic heterocycles. The smallest absolute Gasteiger partial charge is 0.339 e. The standard InChI is InChI=1S/C27H29NO5/c1-4-32-23(29)18-22(19-12-8-6-9-13-19)28-17-16-21-24(20-14-10-7-11-15-20)25(26(30)33-5-2)27(21,28)31-3/h6-15,18,21H,4-5,16-17H2,1-3H3/b22-18+. The molecule has 0 saturated carbocycles. The SMILES string of the molecule is CCOC(=O)/C=C(\c1ccccc1)N1CCC2C(c3ccccc3)=C(C(=O)OCC)C21OC. The lowest BCUT2D eigenvalue weighted by Gasteiger charge is -2.51. The summed E-state index contributed by atoms with van der Waals surface area (Å²) in [4.78, 5) is 27.8. The van der Waals surface area contributed by atoms with Gasteiger partial charge in [-0.2, -0.15) is 0 Å². The summed E-state index contributed by atoms with van der Waals surface area (Å²) >= 11 is 0. The van der Waals surface area contributed by atoms with Crippen molar-refractivity contribution in [3.63, 3.8) is 0 Å². The molecule has 4 rings (SSSR count). The van der Waals surface area contributed by atoms with E-state index in [-0.39, 0.29) is 19.1 Å². The Morgan fingerprint density at radius 2 is 1.64 bits per heavy atom. The number of esters is 2. The Morgan fingerprint density at radius 3 is 2.24 bits per heavy atom. The van der Waals surface area contributed by atoms with Crippen LogP contribution in [0.2, 0.25) is 0 Å². The lowest BCUT2D eigenvalue weighted by molar-refractivity contribution is -0.149. The second kappa shape index (κ2) is 9.63. The molecule has 0 radical (unpaired) electrons. The van der Waals surface area contributed by atoms with Crippen LogP contribution in [-0.2, 0) is 23.8 Å². The molecule has 2 unspecified atom stereocenters. The quantitative estimate of drug-likeness (QED) is 0.444. The van der Waals surface area contributed by atoms with Crippen molar-refractivity contribution in [2.45, 2.75) is 26.0 Å². The van der Waals surface area contributed by atoms with Gasteiger partial charge in [-0.25, -0.2) is 9.59 Å². The molecule has 1 saturated heterocycles. The molecule has 6 nitrogen and oxygen atoms in total. The zero-order valence-corrected chi connectivity index (χ0v) is 19.2. The Morgan fingerprint density at radius 1 is 1.00 bits per heavy atom. The van der Waals surface area contributed by atoms with E-state index >= 15 is 0 Å². The largest absolute Gasteiger partial charge is 0.463 e. The van der Waals surface area contributed by atoms with E-state index in [2.05, 4.69) is 0 Å². The van der Waals surface area contributed by atoms with E-state index in [0.29, 0.717) is 17.8 Å². The lowest BCUT2D eigenvalue weighted by atomic mass is 9.66. The number of carbonyl (C=O) groups is 2. The molecule has 2 aliphatic rings. The Balaban J connectivity index is 1.87. The summed E-state index contributed by atoms with van der Waals surface area (Å²) in [6.07, 6.45) is 2.26. The molecule has 1 heterocycles. The maximum Gasteiger partial charge on any atom is 0.339 e. The van der Waals surface area contributed by atoms with Gasteiger partial charge in [0.1, 0.15) is 0 Å². The second-order valence-electron chi connectivity index (χ2n) is 7.92. The monoisotopic (exact) mass is 447 g/mol. The van der Waals surface area contributed by atoms with Gasteiger partial charge >= 0.3 is 11.9 Å². The van der Waals surface area contributed by atoms with Crippen molar-refractivity contribution in [2.24, 2.45) is 5.92 Å². The van der Waals surface area contributed by atoms with E-state index < -0.39 is 17.7 Å². The van der Waals surface area contributed by atoms with Gasteiger partial charge in [0.15, 0.2) is 5.72 Å². The first-order valence-electron chi connectivity index (χ1n) is 11.3. The predicted molar refractivity (Wildman–Crippen MR) is 126 cm³/mol. The minimum absolute atomic E-state index is 0.0430. The number of rotatable bonds is 8. The molecule has 0 N–H and O–H groups in total. The minimum atomic E-state index is -1.02. The molecule has 0 spiro atoms. The molecule has 6 heteroatoms. The van der Waals surface area contributed by atoms with E-state index in [9.17, 15) is 9.59 Å². The highest BCUT2D eigenvalue weighted by atomic mass is 16.5. The molecule has 1 aliphatic heterocycles. The zero-order chi connectivity index (χ0) is 23.4. The van der Waals surface area contributed by atoms with Gasteiger partial charge in [0.25, 0.3) is 0 Å². The first-order valence-corrected chi connectivity index (χ1v) is 11.3. The zero-order valence-electron chi connectivity index (χ0n) is 19.2. The number of hydrogen-bond acceptors (Lipinski definition) is 6. The average molecular weight is 448 g/mol. The van der Waals surface area contributed by atoms with Crippen LogP contribution in [0.15, 0.2) is 72.3 Å². The first-order chi connectivity index (χ1) is 16.1. The maximum atomic E-state index is 13.2. The van der Waals surface area contributed by atoms with Crippen molar-refractivity contribution in [3.05, 3.63) is 83.4 Å². The van der Waals surface area contributed by atoms with Gasteiger partial charge in [-0.05, 0) is 37.0 Å². The van der Waals surface area contributed by atoms with Crippen LogP contribution in [0.25, 0.3) is 11.3 Å². The van der Waals surface area contributed by atoms with Gasteiger partial charge in [-0.3, -0.25) is 0 Å². The molecule has 172 valence electrons. The van der Waals surface area contributed by atoms with E-state index in [1.54, 1.807) is 21.0 Å². The third-order valence-electron chi connectivity index (χ3n) is 6.27. The fraction of sp³-hybridized carbons (Fsp3) is 0.333. The topological polar surface area (TPSA) is 65.1 Å². The van der Waals surface area contributed by atoms with Gasteiger partial charge in [0.2, 0.25) is 0 Å². The number of nitrogens with zero attached hydrogens (tertiary/aromatic N) is 1.